The molecule has 25 heavy (non-hydrogen) atoms. The average molecular weight is 371 g/mol. The summed E-state index contributed by atoms with van der Waals surface area (Å²) in [7, 11) is -2.02. The van der Waals surface area contributed by atoms with Crippen LogP contribution in [0.25, 0.3) is 0 Å². The van der Waals surface area contributed by atoms with Gasteiger partial charge in [-0.3, -0.25) is 0 Å². The van der Waals surface area contributed by atoms with Gasteiger partial charge in [0.2, 0.25) is 10.0 Å². The number of amides is 2. The molecule has 1 atom stereocenters. The molecule has 0 aliphatic carbocycles. The second kappa shape index (κ2) is 8.50. The maximum absolute atomic E-state index is 12.7. The van der Waals surface area contributed by atoms with Crippen molar-refractivity contribution in [3.05, 3.63) is 24.3 Å². The first-order valence-electron chi connectivity index (χ1n) is 8.19. The number of aliphatic hydroxyl groups excluding tert-OH is 1. The quantitative estimate of drug-likeness (QED) is 0.676. The number of benzene rings is 1. The summed E-state index contributed by atoms with van der Waals surface area (Å²) in [4.78, 5) is 11.9. The first kappa shape index (κ1) is 19.5. The van der Waals surface area contributed by atoms with Crippen molar-refractivity contribution in [1.82, 2.24) is 14.9 Å². The van der Waals surface area contributed by atoms with Crippen molar-refractivity contribution in [1.29, 1.82) is 0 Å². The molecule has 2 rings (SSSR count). The third-order valence-corrected chi connectivity index (χ3v) is 5.96. The van der Waals surface area contributed by atoms with Crippen LogP contribution in [0.3, 0.4) is 0 Å². The monoisotopic (exact) mass is 371 g/mol. The lowest BCUT2D eigenvalue weighted by Crippen LogP contribution is -2.49. The summed E-state index contributed by atoms with van der Waals surface area (Å²) in [5, 5.41) is 14.5. The van der Waals surface area contributed by atoms with E-state index in [2.05, 4.69) is 10.6 Å². The summed E-state index contributed by atoms with van der Waals surface area (Å²) in [6.45, 7) is 2.45. The lowest BCUT2D eigenvalue weighted by molar-refractivity contribution is 0.185. The molecule has 8 nitrogen and oxygen atoms in total. The average Bonchev–Trinajstić information content (AvgIpc) is 2.60. The van der Waals surface area contributed by atoms with Crippen LogP contribution in [0.15, 0.2) is 29.2 Å². The van der Waals surface area contributed by atoms with Crippen molar-refractivity contribution in [2.45, 2.75) is 36.8 Å². The Kier molecular flexibility index (Phi) is 6.63. The molecular formula is C16H25N3O5S. The number of rotatable bonds is 6. The first-order valence-corrected chi connectivity index (χ1v) is 9.63. The minimum atomic E-state index is -3.54. The molecule has 0 spiro atoms. The van der Waals surface area contributed by atoms with E-state index in [9.17, 15) is 13.2 Å². The zero-order valence-electron chi connectivity index (χ0n) is 14.4. The molecule has 0 saturated carbocycles. The molecule has 0 unspecified atom stereocenters. The van der Waals surface area contributed by atoms with Gasteiger partial charge in [-0.25, -0.2) is 13.2 Å². The molecule has 0 bridgehead atoms. The van der Waals surface area contributed by atoms with Crippen LogP contribution in [0, 0.1) is 0 Å². The van der Waals surface area contributed by atoms with Gasteiger partial charge >= 0.3 is 6.03 Å². The predicted octanol–water partition coefficient (Wildman–Crippen LogP) is 0.528. The van der Waals surface area contributed by atoms with Crippen LogP contribution >= 0.6 is 0 Å². The summed E-state index contributed by atoms with van der Waals surface area (Å²) >= 11 is 0. The highest BCUT2D eigenvalue weighted by Gasteiger charge is 2.29. The van der Waals surface area contributed by atoms with Gasteiger partial charge in [0.05, 0.1) is 18.1 Å². The highest BCUT2D eigenvalue weighted by Crippen LogP contribution is 2.22. The smallest absolute Gasteiger partial charge is 0.315 e. The minimum absolute atomic E-state index is 0.0867. The zero-order valence-corrected chi connectivity index (χ0v) is 15.3. The van der Waals surface area contributed by atoms with Gasteiger partial charge in [-0.15, -0.1) is 0 Å². The van der Waals surface area contributed by atoms with E-state index in [4.69, 9.17) is 9.84 Å². The van der Waals surface area contributed by atoms with E-state index in [-0.39, 0.29) is 23.5 Å². The molecule has 1 aromatic rings. The minimum Gasteiger partial charge on any atom is -0.497 e. The molecule has 2 amide bonds. The van der Waals surface area contributed by atoms with Crippen molar-refractivity contribution in [2.24, 2.45) is 0 Å². The van der Waals surface area contributed by atoms with Crippen molar-refractivity contribution in [3.8, 4) is 5.75 Å². The van der Waals surface area contributed by atoms with E-state index >= 15 is 0 Å². The number of sulfonamides is 1. The Balaban J connectivity index is 1.89. The largest absolute Gasteiger partial charge is 0.497 e. The topological polar surface area (TPSA) is 108 Å². The number of carbonyl (C=O) groups is 1. The fraction of sp³-hybridized carbons (Fsp3) is 0.562. The Morgan fingerprint density at radius 1 is 1.32 bits per heavy atom. The van der Waals surface area contributed by atoms with Gasteiger partial charge in [0.1, 0.15) is 5.75 Å². The van der Waals surface area contributed by atoms with Crippen LogP contribution in [0.2, 0.25) is 0 Å². The lowest BCUT2D eigenvalue weighted by atomic mass is 10.1. The van der Waals surface area contributed by atoms with Gasteiger partial charge in [-0.05, 0) is 44.0 Å². The number of methoxy groups -OCH3 is 1. The summed E-state index contributed by atoms with van der Waals surface area (Å²) < 4.78 is 31.8. The molecule has 1 fully saturated rings. The second-order valence-electron chi connectivity index (χ2n) is 6.06. The fourth-order valence-electron chi connectivity index (χ4n) is 2.61. The number of nitrogens with zero attached hydrogens (tertiary/aromatic N) is 1. The van der Waals surface area contributed by atoms with Crippen molar-refractivity contribution < 1.29 is 23.1 Å². The maximum atomic E-state index is 12.7. The Hall–Kier alpha value is -1.84. The Labute approximate surface area is 148 Å². The molecule has 1 heterocycles. The van der Waals surface area contributed by atoms with Crippen LogP contribution in [-0.2, 0) is 10.0 Å². The van der Waals surface area contributed by atoms with E-state index in [0.29, 0.717) is 31.7 Å². The Bertz CT molecular complexity index is 668. The molecule has 140 valence electrons. The zero-order chi connectivity index (χ0) is 18.4. The van der Waals surface area contributed by atoms with Gasteiger partial charge in [-0.2, -0.15) is 4.31 Å². The fourth-order valence-corrected chi connectivity index (χ4v) is 4.08. The highest BCUT2D eigenvalue weighted by atomic mass is 32.2. The van der Waals surface area contributed by atoms with Crippen LogP contribution in [-0.4, -0.2) is 62.8 Å². The molecule has 3 N–H and O–H groups in total. The van der Waals surface area contributed by atoms with Crippen molar-refractivity contribution in [3.63, 3.8) is 0 Å². The van der Waals surface area contributed by atoms with Crippen LogP contribution in [0.4, 0.5) is 4.79 Å². The number of carbonyl (C=O) groups excluding carboxylic acids is 1. The molecular weight excluding hydrogens is 346 g/mol. The summed E-state index contributed by atoms with van der Waals surface area (Å²) in [6.07, 6.45) is 0.469. The third kappa shape index (κ3) is 5.32. The number of aliphatic hydroxyl groups is 1. The number of ether oxygens (including phenoxy) is 1. The third-order valence-electron chi connectivity index (χ3n) is 4.04. The van der Waals surface area contributed by atoms with E-state index in [1.54, 1.807) is 19.1 Å². The normalized spacial score (nSPS) is 17.7. The standard InChI is InChI=1S/C16H25N3O5S/c1-12(20)11-17-16(21)18-13-7-9-19(10-8-13)25(22,23)15-5-3-14(24-2)4-6-15/h3-6,12-13,20H,7-11H2,1-2H3,(H2,17,18,21)/t12-/m1/s1. The lowest BCUT2D eigenvalue weighted by Gasteiger charge is -2.31. The Morgan fingerprint density at radius 3 is 2.44 bits per heavy atom. The molecule has 1 aliphatic heterocycles. The van der Waals surface area contributed by atoms with Gasteiger partial charge in [0.15, 0.2) is 0 Å². The van der Waals surface area contributed by atoms with E-state index in [1.165, 1.54) is 23.5 Å². The van der Waals surface area contributed by atoms with Crippen molar-refractivity contribution in [2.75, 3.05) is 26.7 Å². The number of urea groups is 1. The second-order valence-corrected chi connectivity index (χ2v) is 8.00. The van der Waals surface area contributed by atoms with Gasteiger partial charge in [-0.1, -0.05) is 0 Å². The highest BCUT2D eigenvalue weighted by molar-refractivity contribution is 7.89. The van der Waals surface area contributed by atoms with Gasteiger partial charge in [0, 0.05) is 25.7 Å². The van der Waals surface area contributed by atoms with Crippen molar-refractivity contribution >= 4 is 16.1 Å². The summed E-state index contributed by atoms with van der Waals surface area (Å²) in [6, 6.07) is 5.86. The molecule has 0 aromatic heterocycles. The number of piperidine rings is 1. The Morgan fingerprint density at radius 2 is 1.92 bits per heavy atom. The van der Waals surface area contributed by atoms with E-state index in [0.717, 1.165) is 0 Å². The van der Waals surface area contributed by atoms with Crippen LogP contribution < -0.4 is 15.4 Å². The van der Waals surface area contributed by atoms with Gasteiger partial charge in [0.25, 0.3) is 0 Å². The maximum Gasteiger partial charge on any atom is 0.315 e. The SMILES string of the molecule is COc1ccc(S(=O)(=O)N2CCC(NC(=O)NC[C@@H](C)O)CC2)cc1. The molecule has 0 radical (unpaired) electrons. The molecule has 1 aromatic carbocycles. The summed E-state index contributed by atoms with van der Waals surface area (Å²) in [5.41, 5.74) is 0. The molecule has 1 saturated heterocycles. The van der Waals surface area contributed by atoms with Crippen LogP contribution in [0.5, 0.6) is 5.75 Å². The van der Waals surface area contributed by atoms with Crippen LogP contribution in [0.1, 0.15) is 19.8 Å². The number of hydrogen-bond donors (Lipinski definition) is 3. The molecule has 1 aliphatic rings. The molecule has 9 heteroatoms. The van der Waals surface area contributed by atoms with E-state index < -0.39 is 16.1 Å². The number of hydrogen-bond acceptors (Lipinski definition) is 5. The number of nitrogens with one attached hydrogen (secondary N) is 2. The first-order chi connectivity index (χ1) is 11.8. The van der Waals surface area contributed by atoms with E-state index in [1.807, 2.05) is 0 Å². The van der Waals surface area contributed by atoms with Gasteiger partial charge < -0.3 is 20.5 Å². The predicted molar refractivity (Wildman–Crippen MR) is 93.0 cm³/mol. The summed E-state index contributed by atoms with van der Waals surface area (Å²) in [5.74, 6) is 0.602.